The van der Waals surface area contributed by atoms with E-state index in [1.165, 1.54) is 6.42 Å². The summed E-state index contributed by atoms with van der Waals surface area (Å²) in [5.41, 5.74) is 1.79. The molecule has 0 spiro atoms. The lowest BCUT2D eigenvalue weighted by atomic mass is 10.1. The lowest BCUT2D eigenvalue weighted by Gasteiger charge is -2.29. The van der Waals surface area contributed by atoms with Crippen LogP contribution in [0.4, 0.5) is 0 Å². The normalized spacial score (nSPS) is 17.0. The van der Waals surface area contributed by atoms with Crippen molar-refractivity contribution >= 4 is 17.5 Å². The second kappa shape index (κ2) is 7.27. The zero-order chi connectivity index (χ0) is 15.4. The molecule has 1 aliphatic heterocycles. The van der Waals surface area contributed by atoms with E-state index in [1.807, 2.05) is 30.4 Å². The zero-order valence-electron chi connectivity index (χ0n) is 13.2. The molecule has 0 radical (unpaired) electrons. The third kappa shape index (κ3) is 3.77. The molecule has 0 saturated carbocycles. The molecule has 1 unspecified atom stereocenters. The van der Waals surface area contributed by atoms with Crippen molar-refractivity contribution in [3.8, 4) is 0 Å². The number of likely N-dealkylation sites (tertiary alicyclic amines) is 1. The molecule has 1 aromatic rings. The fourth-order valence-electron chi connectivity index (χ4n) is 2.76. The highest BCUT2D eigenvalue weighted by Crippen LogP contribution is 2.20. The molecular formula is C15H25ClN4O. The standard InChI is InChI=1S/C15H25ClN4O/c1-4-20-13(14(16)11(2)18-20)10-17-12(3)15(21)19-8-6-5-7-9-19/h12,17H,4-10H2,1-3H3. The lowest BCUT2D eigenvalue weighted by Crippen LogP contribution is -2.46. The Hall–Kier alpha value is -1.07. The van der Waals surface area contributed by atoms with Crippen molar-refractivity contribution in [1.82, 2.24) is 20.0 Å². The Balaban J connectivity index is 1.94. The summed E-state index contributed by atoms with van der Waals surface area (Å²) < 4.78 is 1.89. The molecule has 1 aliphatic rings. The van der Waals surface area contributed by atoms with Gasteiger partial charge in [-0.1, -0.05) is 11.6 Å². The van der Waals surface area contributed by atoms with Gasteiger partial charge in [-0.2, -0.15) is 5.10 Å². The Morgan fingerprint density at radius 1 is 1.38 bits per heavy atom. The maximum Gasteiger partial charge on any atom is 0.239 e. The van der Waals surface area contributed by atoms with Crippen molar-refractivity contribution in [3.05, 3.63) is 16.4 Å². The Labute approximate surface area is 131 Å². The largest absolute Gasteiger partial charge is 0.341 e. The summed E-state index contributed by atoms with van der Waals surface area (Å²) in [4.78, 5) is 14.3. The molecule has 2 rings (SSSR count). The van der Waals surface area contributed by atoms with Gasteiger partial charge in [0.05, 0.1) is 22.5 Å². The third-order valence-corrected chi connectivity index (χ3v) is 4.56. The van der Waals surface area contributed by atoms with Gasteiger partial charge in [-0.25, -0.2) is 0 Å². The molecular weight excluding hydrogens is 288 g/mol. The lowest BCUT2D eigenvalue weighted by molar-refractivity contribution is -0.133. The quantitative estimate of drug-likeness (QED) is 0.908. The van der Waals surface area contributed by atoms with Gasteiger partial charge >= 0.3 is 0 Å². The fraction of sp³-hybridized carbons (Fsp3) is 0.733. The highest BCUT2D eigenvalue weighted by Gasteiger charge is 2.22. The smallest absolute Gasteiger partial charge is 0.239 e. The number of aromatic nitrogens is 2. The summed E-state index contributed by atoms with van der Waals surface area (Å²) >= 11 is 6.29. The molecule has 5 nitrogen and oxygen atoms in total. The number of piperidine rings is 1. The number of aryl methyl sites for hydroxylation is 2. The minimum absolute atomic E-state index is 0.185. The second-order valence-electron chi connectivity index (χ2n) is 5.65. The van der Waals surface area contributed by atoms with Gasteiger partial charge in [-0.3, -0.25) is 9.48 Å². The Morgan fingerprint density at radius 3 is 2.67 bits per heavy atom. The van der Waals surface area contributed by atoms with Crippen LogP contribution in [-0.4, -0.2) is 39.7 Å². The van der Waals surface area contributed by atoms with Gasteiger partial charge in [-0.15, -0.1) is 0 Å². The predicted octanol–water partition coefficient (Wildman–Crippen LogP) is 2.36. The van der Waals surface area contributed by atoms with E-state index in [2.05, 4.69) is 10.4 Å². The van der Waals surface area contributed by atoms with Crippen LogP contribution in [0.1, 0.15) is 44.5 Å². The summed E-state index contributed by atoms with van der Waals surface area (Å²) in [6.07, 6.45) is 3.47. The molecule has 0 bridgehead atoms. The van der Waals surface area contributed by atoms with Gasteiger partial charge in [0.1, 0.15) is 0 Å². The number of nitrogens with zero attached hydrogens (tertiary/aromatic N) is 3. The molecule has 1 N–H and O–H groups in total. The van der Waals surface area contributed by atoms with Crippen molar-refractivity contribution in [1.29, 1.82) is 0 Å². The maximum absolute atomic E-state index is 12.4. The summed E-state index contributed by atoms with van der Waals surface area (Å²) in [7, 11) is 0. The average molecular weight is 313 g/mol. The van der Waals surface area contributed by atoms with E-state index in [0.29, 0.717) is 11.6 Å². The molecule has 1 fully saturated rings. The first-order chi connectivity index (χ1) is 10.0. The monoisotopic (exact) mass is 312 g/mol. The van der Waals surface area contributed by atoms with Gasteiger partial charge in [0.25, 0.3) is 0 Å². The van der Waals surface area contributed by atoms with Gasteiger partial charge in [0.2, 0.25) is 5.91 Å². The molecule has 0 aliphatic carbocycles. The molecule has 0 aromatic carbocycles. The highest BCUT2D eigenvalue weighted by molar-refractivity contribution is 6.31. The van der Waals surface area contributed by atoms with Crippen LogP contribution in [0.25, 0.3) is 0 Å². The average Bonchev–Trinajstić information content (AvgIpc) is 2.79. The van der Waals surface area contributed by atoms with Crippen LogP contribution in [-0.2, 0) is 17.9 Å². The summed E-state index contributed by atoms with van der Waals surface area (Å²) in [6.45, 7) is 8.97. The minimum Gasteiger partial charge on any atom is -0.341 e. The number of nitrogens with one attached hydrogen (secondary N) is 1. The van der Waals surface area contributed by atoms with E-state index >= 15 is 0 Å². The van der Waals surface area contributed by atoms with Gasteiger partial charge in [-0.05, 0) is 40.0 Å². The molecule has 21 heavy (non-hydrogen) atoms. The van der Waals surface area contributed by atoms with Crippen molar-refractivity contribution in [2.45, 2.75) is 59.2 Å². The first-order valence-corrected chi connectivity index (χ1v) is 8.16. The Kier molecular flexibility index (Phi) is 5.65. The Morgan fingerprint density at radius 2 is 2.05 bits per heavy atom. The number of carbonyl (C=O) groups excluding carboxylic acids is 1. The van der Waals surface area contributed by atoms with E-state index in [1.54, 1.807) is 0 Å². The van der Waals surface area contributed by atoms with Crippen molar-refractivity contribution < 1.29 is 4.79 Å². The van der Waals surface area contributed by atoms with Gasteiger partial charge in [0.15, 0.2) is 0 Å². The highest BCUT2D eigenvalue weighted by atomic mass is 35.5. The fourth-order valence-corrected chi connectivity index (χ4v) is 2.97. The summed E-state index contributed by atoms with van der Waals surface area (Å²) in [6, 6.07) is -0.195. The number of carbonyl (C=O) groups is 1. The first kappa shape index (κ1) is 16.3. The van der Waals surface area contributed by atoms with Crippen LogP contribution in [0.3, 0.4) is 0 Å². The molecule has 1 atom stereocenters. The SMILES string of the molecule is CCn1nc(C)c(Cl)c1CNC(C)C(=O)N1CCCCC1. The number of amides is 1. The predicted molar refractivity (Wildman–Crippen MR) is 84.4 cm³/mol. The molecule has 118 valence electrons. The van der Waals surface area contributed by atoms with Crippen LogP contribution in [0.5, 0.6) is 0 Å². The van der Waals surface area contributed by atoms with Crippen LogP contribution in [0.2, 0.25) is 5.02 Å². The van der Waals surface area contributed by atoms with E-state index in [0.717, 1.165) is 43.9 Å². The molecule has 1 aromatic heterocycles. The molecule has 1 amide bonds. The molecule has 6 heteroatoms. The topological polar surface area (TPSA) is 50.2 Å². The van der Waals surface area contributed by atoms with Crippen LogP contribution in [0.15, 0.2) is 0 Å². The van der Waals surface area contributed by atoms with Crippen LogP contribution < -0.4 is 5.32 Å². The summed E-state index contributed by atoms with van der Waals surface area (Å²) in [5.74, 6) is 0.185. The van der Waals surface area contributed by atoms with E-state index in [4.69, 9.17) is 11.6 Å². The number of hydrogen-bond acceptors (Lipinski definition) is 3. The van der Waals surface area contributed by atoms with Crippen molar-refractivity contribution in [2.24, 2.45) is 0 Å². The Bertz CT molecular complexity index is 494. The van der Waals surface area contributed by atoms with Crippen molar-refractivity contribution in [3.63, 3.8) is 0 Å². The second-order valence-corrected chi connectivity index (χ2v) is 6.03. The number of rotatable bonds is 5. The number of halogens is 1. The van der Waals surface area contributed by atoms with Gasteiger partial charge < -0.3 is 10.2 Å². The van der Waals surface area contributed by atoms with Crippen LogP contribution in [0, 0.1) is 6.92 Å². The molecule has 1 saturated heterocycles. The molecule has 2 heterocycles. The van der Waals surface area contributed by atoms with E-state index < -0.39 is 0 Å². The van der Waals surface area contributed by atoms with Crippen LogP contribution >= 0.6 is 11.6 Å². The maximum atomic E-state index is 12.4. The summed E-state index contributed by atoms with van der Waals surface area (Å²) in [5, 5.41) is 8.38. The minimum atomic E-state index is -0.195. The van der Waals surface area contributed by atoms with E-state index in [-0.39, 0.29) is 11.9 Å². The van der Waals surface area contributed by atoms with Gasteiger partial charge in [0, 0.05) is 26.2 Å². The third-order valence-electron chi connectivity index (χ3n) is 4.07. The van der Waals surface area contributed by atoms with E-state index in [9.17, 15) is 4.79 Å². The zero-order valence-corrected chi connectivity index (χ0v) is 13.9. The first-order valence-electron chi connectivity index (χ1n) is 7.78. The number of hydrogen-bond donors (Lipinski definition) is 1. The van der Waals surface area contributed by atoms with Crippen molar-refractivity contribution in [2.75, 3.05) is 13.1 Å².